The summed E-state index contributed by atoms with van der Waals surface area (Å²) in [5.74, 6) is 0. The van der Waals surface area contributed by atoms with Crippen LogP contribution in [0.5, 0.6) is 0 Å². The summed E-state index contributed by atoms with van der Waals surface area (Å²) in [5.41, 5.74) is 17.1. The summed E-state index contributed by atoms with van der Waals surface area (Å²) in [5, 5.41) is 2.52. The van der Waals surface area contributed by atoms with E-state index in [0.29, 0.717) is 0 Å². The van der Waals surface area contributed by atoms with E-state index in [1.165, 1.54) is 72.0 Å². The molecule has 0 aliphatic heterocycles. The van der Waals surface area contributed by atoms with Gasteiger partial charge in [0.1, 0.15) is 0 Å². The van der Waals surface area contributed by atoms with Crippen molar-refractivity contribution in [3.05, 3.63) is 205 Å². The molecule has 0 saturated heterocycles. The van der Waals surface area contributed by atoms with Crippen LogP contribution in [-0.4, -0.2) is 4.57 Å². The molecular formula is C52H40N2. The predicted molar refractivity (Wildman–Crippen MR) is 230 cm³/mol. The molecule has 0 saturated carbocycles. The van der Waals surface area contributed by atoms with E-state index in [4.69, 9.17) is 0 Å². The molecule has 2 nitrogen and oxygen atoms in total. The molecule has 0 unspecified atom stereocenters. The maximum atomic E-state index is 2.41. The summed E-state index contributed by atoms with van der Waals surface area (Å²) in [4.78, 5) is 2.41. The van der Waals surface area contributed by atoms with Crippen LogP contribution < -0.4 is 4.90 Å². The highest BCUT2D eigenvalue weighted by molar-refractivity contribution is 6.11. The van der Waals surface area contributed by atoms with Crippen molar-refractivity contribution in [2.24, 2.45) is 0 Å². The van der Waals surface area contributed by atoms with Crippen molar-refractivity contribution in [2.75, 3.05) is 4.90 Å². The first-order valence-corrected chi connectivity index (χ1v) is 18.9. The van der Waals surface area contributed by atoms with Gasteiger partial charge in [-0.25, -0.2) is 0 Å². The van der Waals surface area contributed by atoms with Crippen LogP contribution in [-0.2, 0) is 5.41 Å². The third kappa shape index (κ3) is 5.25. The number of para-hydroxylation sites is 1. The Morgan fingerprint density at radius 1 is 0.481 bits per heavy atom. The lowest BCUT2D eigenvalue weighted by molar-refractivity contribution is 0.660. The zero-order chi connectivity index (χ0) is 36.2. The molecule has 1 heterocycles. The number of fused-ring (bicyclic) bond motifs is 6. The summed E-state index contributed by atoms with van der Waals surface area (Å²) in [6, 6.07) is 60.2. The van der Waals surface area contributed by atoms with E-state index in [-0.39, 0.29) is 5.41 Å². The monoisotopic (exact) mass is 692 g/mol. The number of allylic oxidation sites excluding steroid dienone is 6. The van der Waals surface area contributed by atoms with Gasteiger partial charge in [-0.1, -0.05) is 141 Å². The summed E-state index contributed by atoms with van der Waals surface area (Å²) in [6.45, 7) is 4.71. The van der Waals surface area contributed by atoms with Crippen LogP contribution in [0.15, 0.2) is 194 Å². The minimum atomic E-state index is -0.0924. The molecule has 8 aromatic rings. The molecule has 2 heteroatoms. The molecule has 7 aromatic carbocycles. The number of hydrogen-bond donors (Lipinski definition) is 0. The fourth-order valence-corrected chi connectivity index (χ4v) is 8.68. The Morgan fingerprint density at radius 2 is 1.15 bits per heavy atom. The van der Waals surface area contributed by atoms with E-state index in [9.17, 15) is 0 Å². The van der Waals surface area contributed by atoms with Crippen LogP contribution in [0.25, 0.3) is 60.9 Å². The Kier molecular flexibility index (Phi) is 7.59. The van der Waals surface area contributed by atoms with Gasteiger partial charge in [-0.15, -0.1) is 0 Å². The van der Waals surface area contributed by atoms with Gasteiger partial charge in [-0.05, 0) is 118 Å². The molecule has 2 aliphatic carbocycles. The van der Waals surface area contributed by atoms with Gasteiger partial charge in [0.15, 0.2) is 0 Å². The Hall–Kier alpha value is -6.64. The van der Waals surface area contributed by atoms with Gasteiger partial charge in [-0.3, -0.25) is 0 Å². The second kappa shape index (κ2) is 12.8. The van der Waals surface area contributed by atoms with Gasteiger partial charge in [0.25, 0.3) is 0 Å². The molecule has 0 atom stereocenters. The van der Waals surface area contributed by atoms with Crippen molar-refractivity contribution in [3.8, 4) is 33.4 Å². The third-order valence-corrected chi connectivity index (χ3v) is 11.4. The number of aromatic nitrogens is 1. The lowest BCUT2D eigenvalue weighted by atomic mass is 9.82. The first-order valence-electron chi connectivity index (χ1n) is 18.9. The first-order chi connectivity index (χ1) is 26.5. The topological polar surface area (TPSA) is 8.17 Å². The normalized spacial score (nSPS) is 14.1. The Labute approximate surface area is 317 Å². The Morgan fingerprint density at radius 3 is 2.04 bits per heavy atom. The number of nitrogens with zero attached hydrogens (tertiary/aromatic N) is 2. The minimum absolute atomic E-state index is 0.0924. The van der Waals surface area contributed by atoms with E-state index in [0.717, 1.165) is 23.5 Å². The van der Waals surface area contributed by atoms with Crippen molar-refractivity contribution < 1.29 is 0 Å². The number of anilines is 3. The van der Waals surface area contributed by atoms with Gasteiger partial charge in [-0.2, -0.15) is 0 Å². The van der Waals surface area contributed by atoms with Gasteiger partial charge in [0.2, 0.25) is 0 Å². The van der Waals surface area contributed by atoms with E-state index < -0.39 is 0 Å². The van der Waals surface area contributed by atoms with Crippen LogP contribution in [0.1, 0.15) is 31.4 Å². The molecule has 0 spiro atoms. The van der Waals surface area contributed by atoms with Gasteiger partial charge in [0.05, 0.1) is 11.0 Å². The Bertz CT molecular complexity index is 2810. The van der Waals surface area contributed by atoms with E-state index in [2.05, 4.69) is 217 Å². The average Bonchev–Trinajstić information content (AvgIpc) is 3.48. The van der Waals surface area contributed by atoms with Crippen LogP contribution in [0.2, 0.25) is 0 Å². The van der Waals surface area contributed by atoms with Crippen LogP contribution in [0, 0.1) is 0 Å². The zero-order valence-corrected chi connectivity index (χ0v) is 30.6. The maximum absolute atomic E-state index is 2.41. The smallest absolute Gasteiger partial charge is 0.0541 e. The number of benzene rings is 7. The summed E-state index contributed by atoms with van der Waals surface area (Å²) in [7, 11) is 0. The van der Waals surface area contributed by atoms with Crippen molar-refractivity contribution in [1.82, 2.24) is 4.57 Å². The highest BCUT2D eigenvalue weighted by atomic mass is 15.1. The average molecular weight is 693 g/mol. The molecule has 10 rings (SSSR count). The van der Waals surface area contributed by atoms with Crippen LogP contribution in [0.4, 0.5) is 17.1 Å². The second-order valence-corrected chi connectivity index (χ2v) is 14.9. The van der Waals surface area contributed by atoms with E-state index >= 15 is 0 Å². The molecule has 0 amide bonds. The second-order valence-electron chi connectivity index (χ2n) is 14.9. The molecule has 0 radical (unpaired) electrons. The zero-order valence-electron chi connectivity index (χ0n) is 30.6. The van der Waals surface area contributed by atoms with E-state index in [1.54, 1.807) is 0 Å². The van der Waals surface area contributed by atoms with Crippen molar-refractivity contribution in [3.63, 3.8) is 0 Å². The van der Waals surface area contributed by atoms with Crippen molar-refractivity contribution in [2.45, 2.75) is 25.7 Å². The summed E-state index contributed by atoms with van der Waals surface area (Å²) >= 11 is 0. The molecule has 1 aromatic heterocycles. The molecule has 2 aliphatic rings. The molecule has 0 N–H and O–H groups in total. The van der Waals surface area contributed by atoms with E-state index in [1.807, 2.05) is 0 Å². The lowest BCUT2D eigenvalue weighted by Gasteiger charge is -2.28. The van der Waals surface area contributed by atoms with Crippen molar-refractivity contribution >= 4 is 44.6 Å². The molecule has 258 valence electrons. The molecule has 54 heavy (non-hydrogen) atoms. The molecule has 0 bridgehead atoms. The third-order valence-electron chi connectivity index (χ3n) is 11.4. The Balaban J connectivity index is 1.08. The minimum Gasteiger partial charge on any atom is -0.310 e. The highest BCUT2D eigenvalue weighted by Gasteiger charge is 2.35. The summed E-state index contributed by atoms with van der Waals surface area (Å²) in [6.07, 6.45) is 12.0. The van der Waals surface area contributed by atoms with Crippen LogP contribution in [0.3, 0.4) is 0 Å². The SMILES string of the molecule is CC1(C)c2ccccc2-c2ccc(N(c3ccc(-c4ccc5c(c4)c4ccccc4n5C4=CC=CCC=C4)cc3)c3cccc(-c4ccccc4)c3)cc21. The fraction of sp³-hybridized carbons (Fsp3) is 0.0769. The predicted octanol–water partition coefficient (Wildman–Crippen LogP) is 14.3. The van der Waals surface area contributed by atoms with Crippen LogP contribution >= 0.6 is 0 Å². The molecule has 0 fully saturated rings. The van der Waals surface area contributed by atoms with Gasteiger partial charge in [0, 0.05) is 38.9 Å². The van der Waals surface area contributed by atoms with Gasteiger partial charge < -0.3 is 9.47 Å². The van der Waals surface area contributed by atoms with Gasteiger partial charge >= 0.3 is 0 Å². The largest absolute Gasteiger partial charge is 0.310 e. The highest BCUT2D eigenvalue weighted by Crippen LogP contribution is 2.51. The fourth-order valence-electron chi connectivity index (χ4n) is 8.68. The number of rotatable bonds is 6. The van der Waals surface area contributed by atoms with Crippen molar-refractivity contribution in [1.29, 1.82) is 0 Å². The maximum Gasteiger partial charge on any atom is 0.0541 e. The molecular weight excluding hydrogens is 653 g/mol. The quantitative estimate of drug-likeness (QED) is 0.168. The first kappa shape index (κ1) is 32.0. The summed E-state index contributed by atoms with van der Waals surface area (Å²) < 4.78 is 2.39. The standard InChI is InChI=1S/C52H40N2/c1-52(2)48-23-12-10-21-44(48)45-31-30-43(35-49(45)52)53(42-20-14-17-38(33-42)36-15-6-5-7-16-36)41-28-25-37(26-29-41)39-27-32-51-47(34-39)46-22-11-13-24-50(46)54(51)40-18-8-3-4-9-19-40/h3,5-35H,4H2,1-2H3. The number of hydrogen-bond acceptors (Lipinski definition) is 1. The lowest BCUT2D eigenvalue weighted by Crippen LogP contribution is -2.16.